The summed E-state index contributed by atoms with van der Waals surface area (Å²) in [5.74, 6) is -0.0526. The van der Waals surface area contributed by atoms with Crippen LogP contribution in [0.3, 0.4) is 0 Å². The smallest absolute Gasteiger partial charge is 0.253 e. The molecule has 0 unspecified atom stereocenters. The highest BCUT2D eigenvalue weighted by molar-refractivity contribution is 5.78. The lowest BCUT2D eigenvalue weighted by atomic mass is 10.1. The van der Waals surface area contributed by atoms with E-state index in [0.29, 0.717) is 19.5 Å². The molecule has 0 aliphatic rings. The molecule has 1 amide bonds. The number of hydrogen-bond donors (Lipinski definition) is 1. The second kappa shape index (κ2) is 6.49. The Morgan fingerprint density at radius 1 is 1.21 bits per heavy atom. The number of amides is 1. The molecule has 1 aromatic carbocycles. The Labute approximate surface area is 110 Å². The SMILES string of the molecule is O=C(Cc1ccccc1)NCCn1cnccc1=O. The minimum atomic E-state index is -0.118. The number of aromatic nitrogens is 2. The summed E-state index contributed by atoms with van der Waals surface area (Å²) < 4.78 is 1.46. The van der Waals surface area contributed by atoms with E-state index in [1.807, 2.05) is 30.3 Å². The zero-order chi connectivity index (χ0) is 13.5. The van der Waals surface area contributed by atoms with Crippen molar-refractivity contribution in [2.24, 2.45) is 0 Å². The lowest BCUT2D eigenvalue weighted by molar-refractivity contribution is -0.120. The lowest BCUT2D eigenvalue weighted by Crippen LogP contribution is -2.31. The maximum Gasteiger partial charge on any atom is 0.253 e. The number of nitrogens with one attached hydrogen (secondary N) is 1. The van der Waals surface area contributed by atoms with Crippen LogP contribution in [0.5, 0.6) is 0 Å². The van der Waals surface area contributed by atoms with Crippen LogP contribution in [0.2, 0.25) is 0 Å². The fraction of sp³-hybridized carbons (Fsp3) is 0.214. The summed E-state index contributed by atoms with van der Waals surface area (Å²) in [6.07, 6.45) is 3.27. The standard InChI is InChI=1S/C14H15N3O2/c18-13(10-12-4-2-1-3-5-12)16-8-9-17-11-15-7-6-14(17)19/h1-7,11H,8-10H2,(H,16,18). The first-order chi connectivity index (χ1) is 9.25. The van der Waals surface area contributed by atoms with Crippen LogP contribution in [0.15, 0.2) is 53.7 Å². The van der Waals surface area contributed by atoms with Crippen LogP contribution in [-0.2, 0) is 17.8 Å². The Hall–Kier alpha value is -2.43. The molecule has 19 heavy (non-hydrogen) atoms. The van der Waals surface area contributed by atoms with Crippen LogP contribution in [0, 0.1) is 0 Å². The summed E-state index contributed by atoms with van der Waals surface area (Å²) >= 11 is 0. The van der Waals surface area contributed by atoms with Crippen molar-refractivity contribution in [3.05, 3.63) is 64.8 Å². The van der Waals surface area contributed by atoms with Crippen molar-refractivity contribution in [2.45, 2.75) is 13.0 Å². The molecule has 0 bridgehead atoms. The van der Waals surface area contributed by atoms with E-state index in [1.165, 1.54) is 23.2 Å². The molecule has 5 heteroatoms. The van der Waals surface area contributed by atoms with Crippen LogP contribution >= 0.6 is 0 Å². The summed E-state index contributed by atoms with van der Waals surface area (Å²) in [7, 11) is 0. The van der Waals surface area contributed by atoms with Gasteiger partial charge in [-0.25, -0.2) is 4.98 Å². The van der Waals surface area contributed by atoms with Crippen LogP contribution in [0.25, 0.3) is 0 Å². The molecule has 1 aromatic heterocycles. The molecule has 0 saturated heterocycles. The van der Waals surface area contributed by atoms with Crippen LogP contribution in [0.4, 0.5) is 0 Å². The van der Waals surface area contributed by atoms with Crippen molar-refractivity contribution in [2.75, 3.05) is 6.54 Å². The van der Waals surface area contributed by atoms with Gasteiger partial charge in [-0.3, -0.25) is 14.2 Å². The average Bonchev–Trinajstić information content (AvgIpc) is 2.42. The summed E-state index contributed by atoms with van der Waals surface area (Å²) in [6, 6.07) is 10.9. The van der Waals surface area contributed by atoms with Gasteiger partial charge in [0, 0.05) is 25.4 Å². The lowest BCUT2D eigenvalue weighted by Gasteiger charge is -2.06. The third kappa shape index (κ3) is 4.06. The van der Waals surface area contributed by atoms with Crippen molar-refractivity contribution >= 4 is 5.91 Å². The van der Waals surface area contributed by atoms with E-state index in [4.69, 9.17) is 0 Å². The molecular weight excluding hydrogens is 242 g/mol. The normalized spacial score (nSPS) is 10.1. The molecule has 98 valence electrons. The fourth-order valence-electron chi connectivity index (χ4n) is 1.71. The number of benzene rings is 1. The minimum absolute atomic E-state index is 0.0526. The zero-order valence-corrected chi connectivity index (χ0v) is 10.5. The van der Waals surface area contributed by atoms with Gasteiger partial charge >= 0.3 is 0 Å². The van der Waals surface area contributed by atoms with E-state index in [0.717, 1.165) is 5.56 Å². The van der Waals surface area contributed by atoms with Gasteiger partial charge < -0.3 is 5.32 Å². The van der Waals surface area contributed by atoms with Crippen LogP contribution in [-0.4, -0.2) is 22.0 Å². The second-order valence-electron chi connectivity index (χ2n) is 4.12. The van der Waals surface area contributed by atoms with Gasteiger partial charge in [-0.05, 0) is 5.56 Å². The maximum atomic E-state index is 11.7. The first-order valence-corrected chi connectivity index (χ1v) is 6.07. The van der Waals surface area contributed by atoms with Gasteiger partial charge in [0.2, 0.25) is 5.91 Å². The molecule has 0 aliphatic heterocycles. The highest BCUT2D eigenvalue weighted by Crippen LogP contribution is 1.98. The molecule has 1 heterocycles. The number of nitrogens with zero attached hydrogens (tertiary/aromatic N) is 2. The molecule has 0 atom stereocenters. The molecule has 0 aliphatic carbocycles. The van der Waals surface area contributed by atoms with Gasteiger partial charge in [0.25, 0.3) is 5.56 Å². The molecule has 2 aromatic rings. The maximum absolute atomic E-state index is 11.7. The Kier molecular flexibility index (Phi) is 4.44. The van der Waals surface area contributed by atoms with Gasteiger partial charge in [-0.15, -0.1) is 0 Å². The number of rotatable bonds is 5. The van der Waals surface area contributed by atoms with E-state index >= 15 is 0 Å². The van der Waals surface area contributed by atoms with Crippen molar-refractivity contribution in [3.63, 3.8) is 0 Å². The van der Waals surface area contributed by atoms with Crippen LogP contribution in [0.1, 0.15) is 5.56 Å². The van der Waals surface area contributed by atoms with Crippen molar-refractivity contribution in [3.8, 4) is 0 Å². The van der Waals surface area contributed by atoms with E-state index in [1.54, 1.807) is 0 Å². The zero-order valence-electron chi connectivity index (χ0n) is 10.5. The Balaban J connectivity index is 1.79. The van der Waals surface area contributed by atoms with Gasteiger partial charge in [0.05, 0.1) is 12.7 Å². The number of carbonyl (C=O) groups is 1. The van der Waals surface area contributed by atoms with E-state index in [9.17, 15) is 9.59 Å². The third-order valence-electron chi connectivity index (χ3n) is 2.67. The molecule has 5 nitrogen and oxygen atoms in total. The Morgan fingerprint density at radius 3 is 2.74 bits per heavy atom. The topological polar surface area (TPSA) is 64.0 Å². The molecular formula is C14H15N3O2. The first kappa shape index (κ1) is 13.0. The quantitative estimate of drug-likeness (QED) is 0.853. The predicted molar refractivity (Wildman–Crippen MR) is 71.7 cm³/mol. The molecule has 0 radical (unpaired) electrons. The number of hydrogen-bond acceptors (Lipinski definition) is 3. The van der Waals surface area contributed by atoms with Gasteiger partial charge in [0.15, 0.2) is 0 Å². The van der Waals surface area contributed by atoms with Gasteiger partial charge in [-0.2, -0.15) is 0 Å². The first-order valence-electron chi connectivity index (χ1n) is 6.07. The summed E-state index contributed by atoms with van der Waals surface area (Å²) in [5, 5.41) is 2.78. The summed E-state index contributed by atoms with van der Waals surface area (Å²) in [5.41, 5.74) is 0.853. The highest BCUT2D eigenvalue weighted by atomic mass is 16.1. The van der Waals surface area contributed by atoms with Crippen molar-refractivity contribution < 1.29 is 4.79 Å². The molecule has 0 spiro atoms. The molecule has 0 saturated carbocycles. The summed E-state index contributed by atoms with van der Waals surface area (Å²) in [6.45, 7) is 0.838. The molecule has 1 N–H and O–H groups in total. The monoisotopic (exact) mass is 257 g/mol. The minimum Gasteiger partial charge on any atom is -0.354 e. The van der Waals surface area contributed by atoms with E-state index in [-0.39, 0.29) is 11.5 Å². The van der Waals surface area contributed by atoms with Gasteiger partial charge in [0.1, 0.15) is 0 Å². The number of carbonyl (C=O) groups excluding carboxylic acids is 1. The van der Waals surface area contributed by atoms with Crippen molar-refractivity contribution in [1.82, 2.24) is 14.9 Å². The van der Waals surface area contributed by atoms with Gasteiger partial charge in [-0.1, -0.05) is 30.3 Å². The summed E-state index contributed by atoms with van der Waals surface area (Å²) in [4.78, 5) is 26.9. The third-order valence-corrected chi connectivity index (χ3v) is 2.67. The largest absolute Gasteiger partial charge is 0.354 e. The Morgan fingerprint density at radius 2 is 2.00 bits per heavy atom. The highest BCUT2D eigenvalue weighted by Gasteiger charge is 2.02. The van der Waals surface area contributed by atoms with E-state index in [2.05, 4.69) is 10.3 Å². The molecule has 2 rings (SSSR count). The van der Waals surface area contributed by atoms with Crippen LogP contribution < -0.4 is 10.9 Å². The average molecular weight is 257 g/mol. The fourth-order valence-corrected chi connectivity index (χ4v) is 1.71. The predicted octanol–water partition coefficient (Wildman–Crippen LogP) is 0.602. The van der Waals surface area contributed by atoms with Crippen molar-refractivity contribution in [1.29, 1.82) is 0 Å². The Bertz CT molecular complexity index is 593. The molecule has 0 fully saturated rings. The second-order valence-corrected chi connectivity index (χ2v) is 4.12. The van der Waals surface area contributed by atoms with E-state index < -0.39 is 0 Å².